The van der Waals surface area contributed by atoms with E-state index in [1.54, 1.807) is 0 Å². The zero-order valence-corrected chi connectivity index (χ0v) is 13.4. The number of nitrogens with one attached hydrogen (secondary N) is 1. The van der Waals surface area contributed by atoms with Crippen molar-refractivity contribution in [2.75, 3.05) is 23.4 Å². The Hall–Kier alpha value is -1.63. The lowest BCUT2D eigenvalue weighted by Gasteiger charge is -2.38. The summed E-state index contributed by atoms with van der Waals surface area (Å²) in [7, 11) is 0. The van der Waals surface area contributed by atoms with Crippen molar-refractivity contribution in [3.05, 3.63) is 0 Å². The Morgan fingerprint density at radius 2 is 1.95 bits per heavy atom. The molecule has 0 unspecified atom stereocenters. The second-order valence-corrected chi connectivity index (χ2v) is 6.20. The molecular weight excluding hydrogens is 268 g/mol. The van der Waals surface area contributed by atoms with Crippen LogP contribution in [0.5, 0.6) is 6.01 Å². The Labute approximate surface area is 126 Å². The molecule has 1 aliphatic rings. The van der Waals surface area contributed by atoms with Crippen LogP contribution in [0.15, 0.2) is 0 Å². The summed E-state index contributed by atoms with van der Waals surface area (Å²) in [5.41, 5.74) is 2.90. The van der Waals surface area contributed by atoms with E-state index in [0.717, 1.165) is 25.9 Å². The number of hydrazine groups is 1. The van der Waals surface area contributed by atoms with Gasteiger partial charge in [-0.1, -0.05) is 20.3 Å². The molecule has 21 heavy (non-hydrogen) atoms. The molecule has 3 N–H and O–H groups in total. The minimum Gasteiger partial charge on any atom is -0.461 e. The van der Waals surface area contributed by atoms with Crippen LogP contribution in [0.1, 0.15) is 47.0 Å². The quantitative estimate of drug-likeness (QED) is 0.633. The maximum atomic E-state index is 5.57. The fourth-order valence-electron chi connectivity index (χ4n) is 2.42. The van der Waals surface area contributed by atoms with Crippen LogP contribution in [0.4, 0.5) is 11.9 Å². The number of ether oxygens (including phenoxy) is 1. The molecule has 2 rings (SSSR count). The highest BCUT2D eigenvalue weighted by molar-refractivity contribution is 5.38. The van der Waals surface area contributed by atoms with Crippen LogP contribution in [0.3, 0.4) is 0 Å². The molecule has 0 bridgehead atoms. The van der Waals surface area contributed by atoms with Gasteiger partial charge in [-0.3, -0.25) is 5.43 Å². The van der Waals surface area contributed by atoms with Crippen LogP contribution >= 0.6 is 0 Å². The van der Waals surface area contributed by atoms with Crippen LogP contribution in [-0.2, 0) is 0 Å². The molecule has 0 aromatic carbocycles. The molecule has 1 aliphatic heterocycles. The molecule has 0 amide bonds. The van der Waals surface area contributed by atoms with Gasteiger partial charge in [-0.05, 0) is 32.1 Å². The van der Waals surface area contributed by atoms with Crippen LogP contribution in [0, 0.1) is 5.41 Å². The van der Waals surface area contributed by atoms with E-state index in [9.17, 15) is 0 Å². The third kappa shape index (κ3) is 3.93. The zero-order valence-electron chi connectivity index (χ0n) is 13.4. The molecule has 118 valence electrons. The molecule has 0 aliphatic carbocycles. The highest BCUT2D eigenvalue weighted by Gasteiger charge is 2.29. The number of aromatic nitrogens is 3. The third-order valence-corrected chi connectivity index (χ3v) is 4.18. The minimum atomic E-state index is 0.00983. The number of piperidine rings is 1. The van der Waals surface area contributed by atoms with Crippen molar-refractivity contribution in [1.29, 1.82) is 0 Å². The van der Waals surface area contributed by atoms with Crippen molar-refractivity contribution in [2.24, 2.45) is 11.3 Å². The molecule has 1 aromatic rings. The maximum absolute atomic E-state index is 5.57. The number of nitrogens with two attached hydrogens (primary N) is 1. The predicted octanol–water partition coefficient (Wildman–Crippen LogP) is 1.96. The Kier molecular flexibility index (Phi) is 4.82. The minimum absolute atomic E-state index is 0.00983. The second kappa shape index (κ2) is 6.43. The number of rotatable bonds is 5. The lowest BCUT2D eigenvalue weighted by atomic mass is 9.78. The van der Waals surface area contributed by atoms with Crippen molar-refractivity contribution in [2.45, 2.75) is 53.1 Å². The molecular formula is C14H26N6O. The van der Waals surface area contributed by atoms with Crippen molar-refractivity contribution in [3.63, 3.8) is 0 Å². The van der Waals surface area contributed by atoms with Crippen molar-refractivity contribution in [3.8, 4) is 6.01 Å². The van der Waals surface area contributed by atoms with Crippen molar-refractivity contribution < 1.29 is 4.74 Å². The van der Waals surface area contributed by atoms with Crippen molar-refractivity contribution >= 4 is 11.9 Å². The summed E-state index contributed by atoms with van der Waals surface area (Å²) in [5.74, 6) is 6.40. The number of hydrogen-bond donors (Lipinski definition) is 2. The van der Waals surface area contributed by atoms with Crippen LogP contribution in [-0.4, -0.2) is 34.1 Å². The van der Waals surface area contributed by atoms with E-state index >= 15 is 0 Å². The first-order valence-corrected chi connectivity index (χ1v) is 7.60. The molecule has 2 heterocycles. The smallest absolute Gasteiger partial charge is 0.323 e. The van der Waals surface area contributed by atoms with Gasteiger partial charge in [0.15, 0.2) is 0 Å². The highest BCUT2D eigenvalue weighted by Crippen LogP contribution is 2.35. The summed E-state index contributed by atoms with van der Waals surface area (Å²) in [5, 5.41) is 0. The molecule has 0 atom stereocenters. The van der Waals surface area contributed by atoms with E-state index in [-0.39, 0.29) is 6.10 Å². The van der Waals surface area contributed by atoms with Gasteiger partial charge in [-0.25, -0.2) is 5.84 Å². The molecule has 0 radical (unpaired) electrons. The van der Waals surface area contributed by atoms with E-state index in [1.165, 1.54) is 6.42 Å². The van der Waals surface area contributed by atoms with E-state index in [4.69, 9.17) is 10.6 Å². The summed E-state index contributed by atoms with van der Waals surface area (Å²) >= 11 is 0. The maximum Gasteiger partial charge on any atom is 0.323 e. The van der Waals surface area contributed by atoms with Gasteiger partial charge in [-0.15, -0.1) is 0 Å². The Morgan fingerprint density at radius 3 is 2.48 bits per heavy atom. The van der Waals surface area contributed by atoms with Gasteiger partial charge in [0.1, 0.15) is 0 Å². The number of anilines is 2. The summed E-state index contributed by atoms with van der Waals surface area (Å²) in [6.45, 7) is 10.4. The molecule has 1 saturated heterocycles. The summed E-state index contributed by atoms with van der Waals surface area (Å²) in [6.07, 6.45) is 3.49. The number of hydrogen-bond acceptors (Lipinski definition) is 7. The predicted molar refractivity (Wildman–Crippen MR) is 83.2 cm³/mol. The van der Waals surface area contributed by atoms with Gasteiger partial charge in [0.05, 0.1) is 6.10 Å². The summed E-state index contributed by atoms with van der Waals surface area (Å²) < 4.78 is 5.57. The highest BCUT2D eigenvalue weighted by atomic mass is 16.5. The summed E-state index contributed by atoms with van der Waals surface area (Å²) in [6, 6.07) is 0.312. The first kappa shape index (κ1) is 15.8. The largest absolute Gasteiger partial charge is 0.461 e. The number of nitrogens with zero attached hydrogens (tertiary/aromatic N) is 4. The van der Waals surface area contributed by atoms with Gasteiger partial charge >= 0.3 is 6.01 Å². The Bertz CT molecular complexity index is 471. The molecule has 7 heteroatoms. The SMILES string of the molecule is CCC1(C)CCN(c2nc(NN)nc(OC(C)C)n2)CC1. The molecule has 0 spiro atoms. The average molecular weight is 294 g/mol. The fourth-order valence-corrected chi connectivity index (χ4v) is 2.42. The van der Waals surface area contributed by atoms with E-state index in [0.29, 0.717) is 23.3 Å². The Balaban J connectivity index is 2.16. The normalized spacial score (nSPS) is 17.9. The average Bonchev–Trinajstić information content (AvgIpc) is 2.47. The summed E-state index contributed by atoms with van der Waals surface area (Å²) in [4.78, 5) is 15.0. The monoisotopic (exact) mass is 294 g/mol. The zero-order chi connectivity index (χ0) is 15.5. The van der Waals surface area contributed by atoms with Crippen LogP contribution < -0.4 is 20.9 Å². The Morgan fingerprint density at radius 1 is 1.29 bits per heavy atom. The fraction of sp³-hybridized carbons (Fsp3) is 0.786. The molecule has 1 fully saturated rings. The van der Waals surface area contributed by atoms with Gasteiger partial charge in [0, 0.05) is 13.1 Å². The standard InChI is InChI=1S/C14H26N6O/c1-5-14(4)6-8-20(9-7-14)12-16-11(19-15)17-13(18-12)21-10(2)3/h10H,5-9,15H2,1-4H3,(H,16,17,18,19). The van der Waals surface area contributed by atoms with Crippen LogP contribution in [0.25, 0.3) is 0 Å². The third-order valence-electron chi connectivity index (χ3n) is 4.18. The van der Waals surface area contributed by atoms with Gasteiger partial charge in [0.25, 0.3) is 0 Å². The van der Waals surface area contributed by atoms with E-state index in [2.05, 4.69) is 39.1 Å². The van der Waals surface area contributed by atoms with Gasteiger partial charge < -0.3 is 9.64 Å². The molecule has 0 saturated carbocycles. The second-order valence-electron chi connectivity index (χ2n) is 6.20. The van der Waals surface area contributed by atoms with E-state index in [1.807, 2.05) is 13.8 Å². The topological polar surface area (TPSA) is 89.2 Å². The molecule has 1 aromatic heterocycles. The van der Waals surface area contributed by atoms with Crippen LogP contribution in [0.2, 0.25) is 0 Å². The van der Waals surface area contributed by atoms with E-state index < -0.39 is 0 Å². The van der Waals surface area contributed by atoms with Gasteiger partial charge in [-0.2, -0.15) is 15.0 Å². The van der Waals surface area contributed by atoms with Crippen molar-refractivity contribution in [1.82, 2.24) is 15.0 Å². The molecule has 7 nitrogen and oxygen atoms in total. The number of nitrogen functional groups attached to an aromatic ring is 1. The lowest BCUT2D eigenvalue weighted by Crippen LogP contribution is -2.39. The lowest BCUT2D eigenvalue weighted by molar-refractivity contribution is 0.220. The van der Waals surface area contributed by atoms with Gasteiger partial charge in [0.2, 0.25) is 11.9 Å². The first-order chi connectivity index (χ1) is 9.95. The first-order valence-electron chi connectivity index (χ1n) is 7.60.